The third-order valence-electron chi connectivity index (χ3n) is 4.12. The molecule has 0 atom stereocenters. The number of esters is 2. The van der Waals surface area contributed by atoms with Gasteiger partial charge in [-0.25, -0.2) is 0 Å². The molecule has 6 heteroatoms. The molecular weight excluding hydrogens is 542 g/mol. The first-order valence-electron chi connectivity index (χ1n) is 9.31. The summed E-state index contributed by atoms with van der Waals surface area (Å²) in [5.41, 5.74) is -1.43. The van der Waals surface area contributed by atoms with Crippen LogP contribution in [0.3, 0.4) is 0 Å². The molecule has 0 radical (unpaired) electrons. The first-order valence-corrected chi connectivity index (χ1v) is 29.9. The van der Waals surface area contributed by atoms with Crippen molar-refractivity contribution in [1.29, 1.82) is 0 Å². The Kier molecular flexibility index (Phi) is 10.9. The van der Waals surface area contributed by atoms with Crippen LogP contribution in [0.5, 0.6) is 0 Å². The maximum atomic E-state index is 12.7. The molecular formula is C20H36O4Sn2. The third-order valence-corrected chi connectivity index (χ3v) is 17.7. The first kappa shape index (κ1) is 25.8. The van der Waals surface area contributed by atoms with Crippen LogP contribution < -0.4 is 0 Å². The summed E-state index contributed by atoms with van der Waals surface area (Å²) in [7, 11) is 0. The number of hydrogen-bond donors (Lipinski definition) is 0. The normalized spacial score (nSPS) is 13.1. The van der Waals surface area contributed by atoms with E-state index in [2.05, 4.69) is 41.6 Å². The number of carbonyl (C=O) groups excluding carboxylic acids is 2. The van der Waals surface area contributed by atoms with E-state index in [-0.39, 0.29) is 26.1 Å². The molecule has 0 aromatic carbocycles. The van der Waals surface area contributed by atoms with E-state index in [1.54, 1.807) is 13.8 Å². The Balaban J connectivity index is 6.06. The van der Waals surface area contributed by atoms with Gasteiger partial charge in [-0.05, 0) is 0 Å². The Hall–Kier alpha value is -0.163. The molecule has 0 fully saturated rings. The van der Waals surface area contributed by atoms with Gasteiger partial charge in [0.05, 0.1) is 0 Å². The Bertz CT molecular complexity index is 542. The van der Waals surface area contributed by atoms with Crippen LogP contribution in [0.25, 0.3) is 0 Å². The van der Waals surface area contributed by atoms with Crippen LogP contribution in [0.1, 0.15) is 26.7 Å². The molecule has 0 aliphatic carbocycles. The van der Waals surface area contributed by atoms with Gasteiger partial charge in [0.1, 0.15) is 0 Å². The molecule has 0 rings (SSSR count). The molecule has 26 heavy (non-hydrogen) atoms. The molecule has 4 nitrogen and oxygen atoms in total. The van der Waals surface area contributed by atoms with Gasteiger partial charge in [-0.15, -0.1) is 0 Å². The van der Waals surface area contributed by atoms with Gasteiger partial charge in [0.2, 0.25) is 0 Å². The van der Waals surface area contributed by atoms with Crippen molar-refractivity contribution in [3.63, 3.8) is 0 Å². The standard InChI is InChI=1S/C14H18O4.6CH3.2Sn/c1-5-9-11-14(10-6-2,12(15)17-7-3)13(16)18-8-4;;;;;;;;/h2,9H,1,7-8,10-11H2,3-4H3;6*1H3;;. The number of rotatable bonds is 10. The Labute approximate surface area is 168 Å². The van der Waals surface area contributed by atoms with Crippen LogP contribution >= 0.6 is 0 Å². The summed E-state index contributed by atoms with van der Waals surface area (Å²) in [5.74, 6) is 1.35. The Morgan fingerprint density at radius 2 is 1.46 bits per heavy atom. The minimum atomic E-state index is -2.35. The average molecular weight is 578 g/mol. The summed E-state index contributed by atoms with van der Waals surface area (Å²) in [6.45, 7) is 3.87. The van der Waals surface area contributed by atoms with E-state index in [1.807, 2.05) is 0 Å². The van der Waals surface area contributed by atoms with E-state index < -0.39 is 54.1 Å². The van der Waals surface area contributed by atoms with Crippen molar-refractivity contribution in [3.8, 4) is 12.3 Å². The molecule has 0 saturated heterocycles. The second-order valence-corrected chi connectivity index (χ2v) is 39.1. The number of ether oxygens (including phenoxy) is 2. The van der Waals surface area contributed by atoms with Crippen molar-refractivity contribution < 1.29 is 19.1 Å². The van der Waals surface area contributed by atoms with Crippen LogP contribution in [-0.2, 0) is 19.1 Å². The van der Waals surface area contributed by atoms with Crippen LogP contribution in [0, 0.1) is 17.8 Å². The van der Waals surface area contributed by atoms with Crippen LogP contribution in [-0.4, -0.2) is 61.9 Å². The van der Waals surface area contributed by atoms with E-state index in [9.17, 15) is 9.59 Å². The number of carbonyl (C=O) groups is 2. The third kappa shape index (κ3) is 8.24. The monoisotopic (exact) mass is 580 g/mol. The zero-order chi connectivity index (χ0) is 20.6. The topological polar surface area (TPSA) is 52.6 Å². The van der Waals surface area contributed by atoms with E-state index in [1.165, 1.54) is 3.59 Å². The van der Waals surface area contributed by atoms with E-state index in [0.717, 1.165) is 4.44 Å². The average Bonchev–Trinajstić information content (AvgIpc) is 2.48. The first-order chi connectivity index (χ1) is 11.8. The predicted octanol–water partition coefficient (Wildman–Crippen LogP) is 4.65. The number of allylic oxidation sites excluding steroid dienone is 2. The molecule has 0 bridgehead atoms. The minimum absolute atomic E-state index is 0.00704. The van der Waals surface area contributed by atoms with Gasteiger partial charge in [-0.1, -0.05) is 0 Å². The molecule has 0 amide bonds. The van der Waals surface area contributed by atoms with Gasteiger partial charge in [0.15, 0.2) is 0 Å². The molecule has 0 N–H and O–H groups in total. The Morgan fingerprint density at radius 3 is 1.77 bits per heavy atom. The van der Waals surface area contributed by atoms with Crippen molar-refractivity contribution >= 4 is 48.7 Å². The molecule has 148 valence electrons. The second kappa shape index (κ2) is 11.0. The van der Waals surface area contributed by atoms with E-state index in [0.29, 0.717) is 0 Å². The molecule has 0 aromatic heterocycles. The SMILES string of the molecule is C#CCC(C/C=[C](\[CH2][Sn]([CH3])([CH3])[CH3])[Sn]([CH3])([CH3])[CH3])(C(=O)OCC)C(=O)OCC. The van der Waals surface area contributed by atoms with Crippen LogP contribution in [0.2, 0.25) is 34.1 Å². The summed E-state index contributed by atoms with van der Waals surface area (Å²) in [5, 5.41) is 0. The van der Waals surface area contributed by atoms with E-state index in [4.69, 9.17) is 15.9 Å². The number of hydrogen-bond acceptors (Lipinski definition) is 4. The van der Waals surface area contributed by atoms with Gasteiger partial charge in [-0.3, -0.25) is 0 Å². The molecule has 0 spiro atoms. The quantitative estimate of drug-likeness (QED) is 0.164. The van der Waals surface area contributed by atoms with Crippen molar-refractivity contribution in [1.82, 2.24) is 0 Å². The van der Waals surface area contributed by atoms with E-state index >= 15 is 0 Å². The predicted molar refractivity (Wildman–Crippen MR) is 113 cm³/mol. The van der Waals surface area contributed by atoms with Gasteiger partial charge in [-0.2, -0.15) is 0 Å². The van der Waals surface area contributed by atoms with Crippen molar-refractivity contribution in [2.45, 2.75) is 60.8 Å². The zero-order valence-electron chi connectivity index (χ0n) is 17.8. The fraction of sp³-hybridized carbons (Fsp3) is 0.700. The molecule has 0 aliphatic rings. The summed E-state index contributed by atoms with van der Waals surface area (Å²) < 4.78 is 13.1. The van der Waals surface area contributed by atoms with Crippen LogP contribution in [0.4, 0.5) is 0 Å². The summed E-state index contributed by atoms with van der Waals surface area (Å²) in [6.07, 6.45) is 7.90. The molecule has 0 unspecified atom stereocenters. The van der Waals surface area contributed by atoms with Gasteiger partial charge >= 0.3 is 169 Å². The summed E-state index contributed by atoms with van der Waals surface area (Å²) in [4.78, 5) is 39.7. The van der Waals surface area contributed by atoms with Crippen LogP contribution in [0.15, 0.2) is 9.67 Å². The summed E-state index contributed by atoms with van der Waals surface area (Å²) in [6, 6.07) is 0. The molecule has 0 saturated carbocycles. The maximum absolute atomic E-state index is 12.7. The van der Waals surface area contributed by atoms with Crippen molar-refractivity contribution in [3.05, 3.63) is 9.67 Å². The van der Waals surface area contributed by atoms with Gasteiger partial charge in [0.25, 0.3) is 0 Å². The van der Waals surface area contributed by atoms with Crippen molar-refractivity contribution in [2.75, 3.05) is 13.2 Å². The Morgan fingerprint density at radius 1 is 1.00 bits per heavy atom. The second-order valence-electron chi connectivity index (χ2n) is 8.82. The fourth-order valence-electron chi connectivity index (χ4n) is 2.69. The van der Waals surface area contributed by atoms with Gasteiger partial charge < -0.3 is 0 Å². The molecule has 0 aliphatic heterocycles. The molecule has 0 heterocycles. The number of terminal acetylenes is 1. The molecule has 0 aromatic rings. The van der Waals surface area contributed by atoms with Gasteiger partial charge in [0, 0.05) is 0 Å². The fourth-order valence-corrected chi connectivity index (χ4v) is 30.2. The summed E-state index contributed by atoms with van der Waals surface area (Å²) >= 11 is -4.42. The zero-order valence-corrected chi connectivity index (χ0v) is 23.5. The van der Waals surface area contributed by atoms with Crippen molar-refractivity contribution in [2.24, 2.45) is 5.41 Å².